The molecule has 0 aromatic carbocycles. The van der Waals surface area contributed by atoms with E-state index in [9.17, 15) is 24.0 Å². The number of hydrogen-bond acceptors (Lipinski definition) is 9. The predicted octanol–water partition coefficient (Wildman–Crippen LogP) is 0.126. The molecule has 1 N–H and O–H groups in total. The van der Waals surface area contributed by atoms with Gasteiger partial charge in [0.2, 0.25) is 5.90 Å². The molecule has 0 fully saturated rings. The van der Waals surface area contributed by atoms with Crippen molar-refractivity contribution in [1.29, 1.82) is 0 Å². The van der Waals surface area contributed by atoms with E-state index < -0.39 is 54.6 Å². The Labute approximate surface area is 119 Å². The normalized spacial score (nSPS) is 10.7. The summed E-state index contributed by atoms with van der Waals surface area (Å²) in [6.07, 6.45) is -1.75. The number of oxime groups is 1. The van der Waals surface area contributed by atoms with Crippen molar-refractivity contribution in [2.24, 2.45) is 5.16 Å². The second-order valence-corrected chi connectivity index (χ2v) is 4.07. The minimum Gasteiger partial charge on any atom is -0.408 e. The number of Topliss-reactive ketones (excluding diaryl/α,β-unsaturated/α-hetero) is 2. The zero-order valence-corrected chi connectivity index (χ0v) is 11.6. The maximum atomic E-state index is 11.2. The van der Waals surface area contributed by atoms with Gasteiger partial charge >= 0.3 is 17.9 Å². The highest BCUT2D eigenvalue weighted by molar-refractivity contribution is 6.00. The smallest absolute Gasteiger partial charge is 0.320 e. The van der Waals surface area contributed by atoms with Crippen molar-refractivity contribution < 1.29 is 38.7 Å². The standard InChI is InChI=1S/C12H15NO8/c1-7(14)5-11(17)20-9(13-19)3-4-10(16)21-12(18)6-8(2)15/h19H,3-6H2,1-2H3/b13-9-. The van der Waals surface area contributed by atoms with Gasteiger partial charge < -0.3 is 14.7 Å². The van der Waals surface area contributed by atoms with Gasteiger partial charge in [-0.05, 0) is 13.8 Å². The number of ether oxygens (including phenoxy) is 2. The number of esters is 3. The molecule has 0 aromatic rings. The molecule has 0 aliphatic rings. The monoisotopic (exact) mass is 301 g/mol. The summed E-state index contributed by atoms with van der Waals surface area (Å²) in [5.74, 6) is -4.28. The van der Waals surface area contributed by atoms with E-state index in [2.05, 4.69) is 14.6 Å². The molecule has 0 saturated heterocycles. The van der Waals surface area contributed by atoms with Crippen molar-refractivity contribution >= 4 is 35.4 Å². The summed E-state index contributed by atoms with van der Waals surface area (Å²) in [7, 11) is 0. The Bertz CT molecular complexity index is 480. The minimum absolute atomic E-state index is 0.313. The van der Waals surface area contributed by atoms with E-state index in [0.29, 0.717) is 0 Å². The molecule has 0 unspecified atom stereocenters. The quantitative estimate of drug-likeness (QED) is 0.175. The first-order valence-corrected chi connectivity index (χ1v) is 5.88. The summed E-state index contributed by atoms with van der Waals surface area (Å²) in [6.45, 7) is 2.34. The molecular formula is C12H15NO8. The maximum Gasteiger partial charge on any atom is 0.320 e. The van der Waals surface area contributed by atoms with Gasteiger partial charge in [0, 0.05) is 6.42 Å². The molecule has 0 amide bonds. The molecule has 21 heavy (non-hydrogen) atoms. The first kappa shape index (κ1) is 18.4. The van der Waals surface area contributed by atoms with Crippen molar-refractivity contribution in [3.8, 4) is 0 Å². The fourth-order valence-corrected chi connectivity index (χ4v) is 1.12. The van der Waals surface area contributed by atoms with E-state index in [1.807, 2.05) is 0 Å². The van der Waals surface area contributed by atoms with Crippen molar-refractivity contribution in [1.82, 2.24) is 0 Å². The summed E-state index contributed by atoms with van der Waals surface area (Å²) in [5.41, 5.74) is 0. The third-order valence-corrected chi connectivity index (χ3v) is 1.90. The molecule has 0 spiro atoms. The van der Waals surface area contributed by atoms with Crippen LogP contribution >= 0.6 is 0 Å². The van der Waals surface area contributed by atoms with Gasteiger partial charge in [0.15, 0.2) is 0 Å². The van der Waals surface area contributed by atoms with Crippen LogP contribution in [0.15, 0.2) is 5.16 Å². The Balaban J connectivity index is 4.20. The average Bonchev–Trinajstić information content (AvgIpc) is 2.32. The van der Waals surface area contributed by atoms with Crippen LogP contribution in [0, 0.1) is 0 Å². The summed E-state index contributed by atoms with van der Waals surface area (Å²) >= 11 is 0. The molecule has 0 heterocycles. The number of rotatable bonds is 7. The van der Waals surface area contributed by atoms with Gasteiger partial charge in [0.05, 0.1) is 6.42 Å². The lowest BCUT2D eigenvalue weighted by molar-refractivity contribution is -0.160. The zero-order chi connectivity index (χ0) is 16.4. The van der Waals surface area contributed by atoms with E-state index in [0.717, 1.165) is 6.92 Å². The number of carbonyl (C=O) groups is 5. The number of nitrogens with zero attached hydrogens (tertiary/aromatic N) is 1. The highest BCUT2D eigenvalue weighted by Crippen LogP contribution is 2.01. The number of ketones is 2. The predicted molar refractivity (Wildman–Crippen MR) is 66.2 cm³/mol. The van der Waals surface area contributed by atoms with Crippen LogP contribution in [-0.4, -0.2) is 40.6 Å². The van der Waals surface area contributed by atoms with Crippen LogP contribution in [0.5, 0.6) is 0 Å². The van der Waals surface area contributed by atoms with Crippen LogP contribution in [0.3, 0.4) is 0 Å². The van der Waals surface area contributed by atoms with E-state index in [1.165, 1.54) is 6.92 Å². The Kier molecular flexibility index (Phi) is 8.20. The highest BCUT2D eigenvalue weighted by Gasteiger charge is 2.16. The van der Waals surface area contributed by atoms with Crippen molar-refractivity contribution in [3.05, 3.63) is 0 Å². The van der Waals surface area contributed by atoms with E-state index in [1.54, 1.807) is 0 Å². The van der Waals surface area contributed by atoms with Gasteiger partial charge in [0.1, 0.15) is 24.4 Å². The Morgan fingerprint density at radius 3 is 1.71 bits per heavy atom. The maximum absolute atomic E-state index is 11.2. The van der Waals surface area contributed by atoms with Gasteiger partial charge in [-0.2, -0.15) is 0 Å². The molecule has 0 saturated carbocycles. The Morgan fingerprint density at radius 1 is 0.810 bits per heavy atom. The average molecular weight is 301 g/mol. The molecule has 0 aromatic heterocycles. The van der Waals surface area contributed by atoms with Crippen LogP contribution in [0.2, 0.25) is 0 Å². The van der Waals surface area contributed by atoms with Gasteiger partial charge in [-0.3, -0.25) is 24.0 Å². The van der Waals surface area contributed by atoms with Crippen molar-refractivity contribution in [2.45, 2.75) is 39.5 Å². The SMILES string of the molecule is CC(=O)CC(=O)OC(=O)CC/C(=N/O)OC(=O)CC(C)=O. The van der Waals surface area contributed by atoms with Crippen LogP contribution in [0.25, 0.3) is 0 Å². The van der Waals surface area contributed by atoms with Gasteiger partial charge in [-0.1, -0.05) is 5.16 Å². The van der Waals surface area contributed by atoms with Crippen molar-refractivity contribution in [2.75, 3.05) is 0 Å². The van der Waals surface area contributed by atoms with Crippen LogP contribution < -0.4 is 0 Å². The molecule has 9 nitrogen and oxygen atoms in total. The zero-order valence-electron chi connectivity index (χ0n) is 11.6. The molecule has 116 valence electrons. The Morgan fingerprint density at radius 2 is 1.29 bits per heavy atom. The minimum atomic E-state index is -0.997. The fourth-order valence-electron chi connectivity index (χ4n) is 1.12. The molecule has 0 aliphatic carbocycles. The number of carbonyl (C=O) groups excluding carboxylic acids is 5. The molecule has 0 aliphatic heterocycles. The second kappa shape index (κ2) is 9.34. The third kappa shape index (κ3) is 9.93. The first-order chi connectivity index (χ1) is 9.74. The second-order valence-electron chi connectivity index (χ2n) is 4.07. The van der Waals surface area contributed by atoms with E-state index >= 15 is 0 Å². The van der Waals surface area contributed by atoms with Gasteiger partial charge in [-0.25, -0.2) is 0 Å². The van der Waals surface area contributed by atoms with E-state index in [-0.39, 0.29) is 6.42 Å². The van der Waals surface area contributed by atoms with E-state index in [4.69, 9.17) is 5.21 Å². The lowest BCUT2D eigenvalue weighted by Crippen LogP contribution is -2.18. The third-order valence-electron chi connectivity index (χ3n) is 1.90. The number of hydrogen-bond donors (Lipinski definition) is 1. The molecule has 0 atom stereocenters. The Hall–Kier alpha value is -2.58. The van der Waals surface area contributed by atoms with Gasteiger partial charge in [-0.15, -0.1) is 0 Å². The first-order valence-electron chi connectivity index (χ1n) is 5.88. The van der Waals surface area contributed by atoms with Crippen LogP contribution in [0.1, 0.15) is 39.5 Å². The summed E-state index contributed by atoms with van der Waals surface area (Å²) in [6, 6.07) is 0. The topological polar surface area (TPSA) is 136 Å². The molecule has 0 rings (SSSR count). The summed E-state index contributed by atoms with van der Waals surface area (Å²) in [4.78, 5) is 54.6. The summed E-state index contributed by atoms with van der Waals surface area (Å²) in [5, 5.41) is 11.2. The van der Waals surface area contributed by atoms with Crippen molar-refractivity contribution in [3.63, 3.8) is 0 Å². The summed E-state index contributed by atoms with van der Waals surface area (Å²) < 4.78 is 8.82. The lowest BCUT2D eigenvalue weighted by atomic mass is 10.3. The largest absolute Gasteiger partial charge is 0.408 e. The fraction of sp³-hybridized carbons (Fsp3) is 0.500. The van der Waals surface area contributed by atoms with Crippen LogP contribution in [-0.2, 0) is 33.4 Å². The molecule has 0 radical (unpaired) electrons. The molecule has 9 heteroatoms. The van der Waals surface area contributed by atoms with Crippen LogP contribution in [0.4, 0.5) is 0 Å². The van der Waals surface area contributed by atoms with Gasteiger partial charge in [0.25, 0.3) is 0 Å². The molecular weight excluding hydrogens is 286 g/mol. The molecule has 0 bridgehead atoms. The lowest BCUT2D eigenvalue weighted by Gasteiger charge is -2.05. The highest BCUT2D eigenvalue weighted by atomic mass is 16.6.